The molecule has 0 saturated carbocycles. The minimum atomic E-state index is 0.161. The lowest BCUT2D eigenvalue weighted by atomic mass is 9.97. The molecule has 0 N–H and O–H groups in total. The fraction of sp³-hybridized carbons (Fsp3) is 0.364. The van der Waals surface area contributed by atoms with Gasteiger partial charge in [-0.05, 0) is 37.1 Å². The lowest BCUT2D eigenvalue weighted by molar-refractivity contribution is -0.133. The number of hydrogen-bond acceptors (Lipinski definition) is 3. The van der Waals surface area contributed by atoms with Crippen LogP contribution in [0.3, 0.4) is 0 Å². The van der Waals surface area contributed by atoms with Crippen LogP contribution >= 0.6 is 0 Å². The van der Waals surface area contributed by atoms with Gasteiger partial charge in [0.2, 0.25) is 5.91 Å². The van der Waals surface area contributed by atoms with Gasteiger partial charge in [0.15, 0.2) is 0 Å². The number of carbonyl (C=O) groups is 1. The summed E-state index contributed by atoms with van der Waals surface area (Å²) in [6.45, 7) is 1.97. The van der Waals surface area contributed by atoms with Crippen LogP contribution < -0.4 is 4.74 Å². The van der Waals surface area contributed by atoms with E-state index in [0.29, 0.717) is 13.0 Å². The molecule has 1 amide bonds. The number of nitrogens with zero attached hydrogens (tertiary/aromatic N) is 3. The summed E-state index contributed by atoms with van der Waals surface area (Å²) in [7, 11) is 2.07. The van der Waals surface area contributed by atoms with Crippen molar-refractivity contribution in [3.05, 3.63) is 60.4 Å². The number of hydrogen-bond donors (Lipinski definition) is 0. The maximum atomic E-state index is 12.6. The molecule has 1 aliphatic heterocycles. The van der Waals surface area contributed by atoms with Crippen molar-refractivity contribution in [1.29, 1.82) is 0 Å². The van der Waals surface area contributed by atoms with Crippen LogP contribution in [-0.2, 0) is 11.8 Å². The second-order valence-corrected chi connectivity index (χ2v) is 7.11. The second kappa shape index (κ2) is 7.82. The van der Waals surface area contributed by atoms with Crippen molar-refractivity contribution >= 4 is 16.9 Å². The van der Waals surface area contributed by atoms with E-state index in [1.165, 1.54) is 0 Å². The quantitative estimate of drug-likeness (QED) is 0.694. The van der Waals surface area contributed by atoms with Gasteiger partial charge in [-0.3, -0.25) is 4.79 Å². The Hall–Kier alpha value is -2.82. The highest BCUT2D eigenvalue weighted by Gasteiger charge is 2.27. The fourth-order valence-corrected chi connectivity index (χ4v) is 3.87. The molecule has 0 bridgehead atoms. The molecule has 0 radical (unpaired) electrons. The van der Waals surface area contributed by atoms with E-state index in [1.54, 1.807) is 0 Å². The summed E-state index contributed by atoms with van der Waals surface area (Å²) in [5.74, 6) is 2.33. The minimum absolute atomic E-state index is 0.161. The lowest BCUT2D eigenvalue weighted by Crippen LogP contribution is -2.40. The molecule has 0 spiro atoms. The summed E-state index contributed by atoms with van der Waals surface area (Å²) in [4.78, 5) is 19.4. The summed E-state index contributed by atoms with van der Waals surface area (Å²) in [6, 6.07) is 17.8. The summed E-state index contributed by atoms with van der Waals surface area (Å²) in [5, 5.41) is 0. The molecule has 1 atom stereocenters. The van der Waals surface area contributed by atoms with E-state index in [1.807, 2.05) is 53.4 Å². The maximum Gasteiger partial charge on any atom is 0.226 e. The number of aryl methyl sites for hydroxylation is 1. The van der Waals surface area contributed by atoms with Gasteiger partial charge in [0.25, 0.3) is 0 Å². The zero-order chi connectivity index (χ0) is 18.6. The van der Waals surface area contributed by atoms with E-state index in [-0.39, 0.29) is 11.8 Å². The molecule has 0 aliphatic carbocycles. The first-order valence-electron chi connectivity index (χ1n) is 9.59. The van der Waals surface area contributed by atoms with E-state index in [4.69, 9.17) is 9.72 Å². The maximum absolute atomic E-state index is 12.6. The molecule has 3 aromatic rings. The number of benzene rings is 2. The zero-order valence-electron chi connectivity index (χ0n) is 15.7. The summed E-state index contributed by atoms with van der Waals surface area (Å²) in [6.07, 6.45) is 2.49. The normalized spacial score (nSPS) is 17.2. The van der Waals surface area contributed by atoms with E-state index in [9.17, 15) is 4.79 Å². The van der Waals surface area contributed by atoms with Crippen molar-refractivity contribution in [2.75, 3.05) is 19.7 Å². The van der Waals surface area contributed by atoms with Crippen molar-refractivity contribution < 1.29 is 9.53 Å². The number of ether oxygens (including phenoxy) is 1. The topological polar surface area (TPSA) is 47.4 Å². The van der Waals surface area contributed by atoms with E-state index >= 15 is 0 Å². The number of likely N-dealkylation sites (tertiary alicyclic amines) is 1. The summed E-state index contributed by atoms with van der Waals surface area (Å²) < 4.78 is 7.85. The lowest BCUT2D eigenvalue weighted by Gasteiger charge is -2.32. The van der Waals surface area contributed by atoms with Crippen LogP contribution in [0.5, 0.6) is 5.75 Å². The number of carbonyl (C=O) groups excluding carboxylic acids is 1. The zero-order valence-corrected chi connectivity index (χ0v) is 15.7. The molecule has 4 rings (SSSR count). The molecular formula is C22H25N3O2. The van der Waals surface area contributed by atoms with Gasteiger partial charge < -0.3 is 14.2 Å². The van der Waals surface area contributed by atoms with Crippen molar-refractivity contribution in [3.8, 4) is 5.75 Å². The van der Waals surface area contributed by atoms with Crippen LogP contribution in [-0.4, -0.2) is 40.1 Å². The largest absolute Gasteiger partial charge is 0.493 e. The van der Waals surface area contributed by atoms with Gasteiger partial charge >= 0.3 is 0 Å². The number of para-hydroxylation sites is 3. The highest BCUT2D eigenvalue weighted by Crippen LogP contribution is 2.28. The van der Waals surface area contributed by atoms with Crippen LogP contribution in [0.2, 0.25) is 0 Å². The average molecular weight is 363 g/mol. The summed E-state index contributed by atoms with van der Waals surface area (Å²) in [5.41, 5.74) is 2.17. The predicted molar refractivity (Wildman–Crippen MR) is 106 cm³/mol. The standard InChI is InChI=1S/C22H25N3O2/c1-24-20-12-6-5-11-19(20)23-22(24)17-8-7-14-25(16-17)21(26)13-15-27-18-9-3-2-4-10-18/h2-6,9-12,17H,7-8,13-16H2,1H3. The Morgan fingerprint density at radius 2 is 1.93 bits per heavy atom. The van der Waals surface area contributed by atoms with Gasteiger partial charge in [-0.15, -0.1) is 0 Å². The molecule has 1 fully saturated rings. The molecule has 140 valence electrons. The van der Waals surface area contributed by atoms with Gasteiger partial charge in [-0.1, -0.05) is 30.3 Å². The Morgan fingerprint density at radius 1 is 1.15 bits per heavy atom. The number of imidazole rings is 1. The third kappa shape index (κ3) is 3.82. The minimum Gasteiger partial charge on any atom is -0.493 e. The van der Waals surface area contributed by atoms with Crippen LogP contribution in [0.1, 0.15) is 31.0 Å². The van der Waals surface area contributed by atoms with Crippen molar-refractivity contribution in [1.82, 2.24) is 14.5 Å². The first kappa shape index (κ1) is 17.6. The third-order valence-electron chi connectivity index (χ3n) is 5.29. The third-order valence-corrected chi connectivity index (χ3v) is 5.29. The van der Waals surface area contributed by atoms with Gasteiger partial charge in [-0.25, -0.2) is 4.98 Å². The van der Waals surface area contributed by atoms with E-state index in [2.05, 4.69) is 17.7 Å². The Kier molecular flexibility index (Phi) is 5.10. The molecule has 1 saturated heterocycles. The van der Waals surface area contributed by atoms with Crippen LogP contribution in [0.15, 0.2) is 54.6 Å². The van der Waals surface area contributed by atoms with Crippen LogP contribution in [0.4, 0.5) is 0 Å². The monoisotopic (exact) mass is 363 g/mol. The highest BCUT2D eigenvalue weighted by molar-refractivity contribution is 5.77. The van der Waals surface area contributed by atoms with Gasteiger partial charge in [-0.2, -0.15) is 0 Å². The molecular weight excluding hydrogens is 338 g/mol. The average Bonchev–Trinajstić information content (AvgIpc) is 3.06. The molecule has 1 aromatic heterocycles. The number of rotatable bonds is 5. The van der Waals surface area contributed by atoms with Gasteiger partial charge in [0.1, 0.15) is 11.6 Å². The Labute approximate surface area is 159 Å². The SMILES string of the molecule is Cn1c(C2CCCN(C(=O)CCOc3ccccc3)C2)nc2ccccc21. The summed E-state index contributed by atoms with van der Waals surface area (Å²) >= 11 is 0. The van der Waals surface area contributed by atoms with Gasteiger partial charge in [0, 0.05) is 26.1 Å². The molecule has 5 nitrogen and oxygen atoms in total. The smallest absolute Gasteiger partial charge is 0.226 e. The second-order valence-electron chi connectivity index (χ2n) is 7.11. The van der Waals surface area contributed by atoms with Crippen molar-refractivity contribution in [2.45, 2.75) is 25.2 Å². The molecule has 27 heavy (non-hydrogen) atoms. The molecule has 1 unspecified atom stereocenters. The first-order valence-corrected chi connectivity index (χ1v) is 9.59. The first-order chi connectivity index (χ1) is 13.2. The Balaban J connectivity index is 1.38. The van der Waals surface area contributed by atoms with Crippen molar-refractivity contribution in [3.63, 3.8) is 0 Å². The fourth-order valence-electron chi connectivity index (χ4n) is 3.87. The molecule has 5 heteroatoms. The van der Waals surface area contributed by atoms with E-state index < -0.39 is 0 Å². The van der Waals surface area contributed by atoms with Crippen molar-refractivity contribution in [2.24, 2.45) is 7.05 Å². The van der Waals surface area contributed by atoms with Gasteiger partial charge in [0.05, 0.1) is 24.1 Å². The molecule has 1 aliphatic rings. The number of fused-ring (bicyclic) bond motifs is 1. The van der Waals surface area contributed by atoms with Crippen LogP contribution in [0.25, 0.3) is 11.0 Å². The predicted octanol–water partition coefficient (Wildman–Crippen LogP) is 3.75. The highest BCUT2D eigenvalue weighted by atomic mass is 16.5. The number of aromatic nitrogens is 2. The number of piperidine rings is 1. The Morgan fingerprint density at radius 3 is 2.74 bits per heavy atom. The molecule has 2 aromatic carbocycles. The van der Waals surface area contributed by atoms with E-state index in [0.717, 1.165) is 48.5 Å². The van der Waals surface area contributed by atoms with Crippen LogP contribution in [0, 0.1) is 0 Å². The Bertz CT molecular complexity index is 920. The number of amides is 1. The molecule has 2 heterocycles.